The second kappa shape index (κ2) is 8.31. The number of anilines is 2. The molecule has 0 saturated carbocycles. The van der Waals surface area contributed by atoms with Crippen LogP contribution in [0.2, 0.25) is 0 Å². The molecule has 0 atom stereocenters. The normalized spacial score (nSPS) is 11.0. The SMILES string of the molecule is C=CS(=O)(=O)NCc1cccc(NCC#Cc2cc(O)c3nc(N)sc3c2)c1. The first kappa shape index (κ1) is 19.7. The second-order valence-electron chi connectivity index (χ2n) is 5.78. The first-order chi connectivity index (χ1) is 13.4. The quantitative estimate of drug-likeness (QED) is 0.461. The Bertz CT molecular complexity index is 1190. The number of aromatic hydroxyl groups is 1. The highest BCUT2D eigenvalue weighted by Gasteiger charge is 2.07. The average Bonchev–Trinajstić information content (AvgIpc) is 3.05. The Morgan fingerprint density at radius 2 is 2.14 bits per heavy atom. The van der Waals surface area contributed by atoms with Crippen LogP contribution in [0, 0.1) is 11.8 Å². The molecule has 0 spiro atoms. The molecule has 5 N–H and O–H groups in total. The standard InChI is InChI=1S/C19H18N4O3S2/c1-2-28(25,26)22-12-14-5-3-7-15(9-14)21-8-4-6-13-10-16(24)18-17(11-13)27-19(20)23-18/h2-3,5,7,9-11,21-22,24H,1,8,12H2,(H2,20,23). The van der Waals surface area contributed by atoms with Gasteiger partial charge in [-0.3, -0.25) is 0 Å². The Hall–Kier alpha value is -3.06. The highest BCUT2D eigenvalue weighted by atomic mass is 32.2. The van der Waals surface area contributed by atoms with Gasteiger partial charge in [-0.1, -0.05) is 41.9 Å². The van der Waals surface area contributed by atoms with Crippen LogP contribution >= 0.6 is 11.3 Å². The van der Waals surface area contributed by atoms with E-state index in [1.807, 2.05) is 30.3 Å². The number of benzene rings is 2. The molecule has 0 saturated heterocycles. The maximum atomic E-state index is 11.4. The number of thiazole rings is 1. The van der Waals surface area contributed by atoms with E-state index < -0.39 is 10.0 Å². The summed E-state index contributed by atoms with van der Waals surface area (Å²) in [5, 5.41) is 14.4. The summed E-state index contributed by atoms with van der Waals surface area (Å²) in [4.78, 5) is 4.07. The van der Waals surface area contributed by atoms with Crippen molar-refractivity contribution in [3.05, 3.63) is 59.5 Å². The van der Waals surface area contributed by atoms with Gasteiger partial charge in [0.15, 0.2) is 5.13 Å². The van der Waals surface area contributed by atoms with Gasteiger partial charge in [-0.15, -0.1) is 0 Å². The number of nitrogen functional groups attached to an aromatic ring is 1. The molecule has 1 aromatic heterocycles. The van der Waals surface area contributed by atoms with Crippen molar-refractivity contribution in [1.82, 2.24) is 9.71 Å². The number of aromatic nitrogens is 1. The molecule has 3 aromatic rings. The number of nitrogens with zero attached hydrogens (tertiary/aromatic N) is 1. The summed E-state index contributed by atoms with van der Waals surface area (Å²) in [6.45, 7) is 3.81. The Balaban J connectivity index is 1.63. The first-order valence-electron chi connectivity index (χ1n) is 8.19. The van der Waals surface area contributed by atoms with E-state index in [1.54, 1.807) is 6.07 Å². The molecule has 0 bridgehead atoms. The van der Waals surface area contributed by atoms with Gasteiger partial charge in [-0.2, -0.15) is 0 Å². The second-order valence-corrected chi connectivity index (χ2v) is 8.56. The minimum Gasteiger partial charge on any atom is -0.506 e. The number of nitrogens with one attached hydrogen (secondary N) is 2. The fourth-order valence-corrected chi connectivity index (χ4v) is 3.71. The summed E-state index contributed by atoms with van der Waals surface area (Å²) in [7, 11) is -3.46. The molecule has 3 rings (SSSR count). The monoisotopic (exact) mass is 414 g/mol. The van der Waals surface area contributed by atoms with Crippen molar-refractivity contribution in [2.75, 3.05) is 17.6 Å². The summed E-state index contributed by atoms with van der Waals surface area (Å²) >= 11 is 1.29. The van der Waals surface area contributed by atoms with Gasteiger partial charge in [-0.25, -0.2) is 18.1 Å². The van der Waals surface area contributed by atoms with Crippen molar-refractivity contribution >= 4 is 42.4 Å². The van der Waals surface area contributed by atoms with Crippen molar-refractivity contribution in [2.45, 2.75) is 6.54 Å². The van der Waals surface area contributed by atoms with Gasteiger partial charge in [0.1, 0.15) is 11.3 Å². The number of phenolic OH excluding ortho intramolecular Hbond substituents is 1. The molecule has 28 heavy (non-hydrogen) atoms. The third kappa shape index (κ3) is 5.01. The molecule has 0 amide bonds. The van der Waals surface area contributed by atoms with E-state index in [1.165, 1.54) is 11.3 Å². The fourth-order valence-electron chi connectivity index (χ4n) is 2.43. The number of fused-ring (bicyclic) bond motifs is 1. The van der Waals surface area contributed by atoms with E-state index in [0.717, 1.165) is 21.4 Å². The minimum atomic E-state index is -3.46. The summed E-state index contributed by atoms with van der Waals surface area (Å²) in [6.07, 6.45) is 0. The Labute approximate surface area is 167 Å². The molecule has 0 aliphatic heterocycles. The third-order valence-corrected chi connectivity index (χ3v) is 5.55. The maximum Gasteiger partial charge on any atom is 0.233 e. The molecule has 0 radical (unpaired) electrons. The number of nitrogens with two attached hydrogens (primary N) is 1. The van der Waals surface area contributed by atoms with E-state index in [0.29, 0.717) is 22.8 Å². The predicted molar refractivity (Wildman–Crippen MR) is 113 cm³/mol. The Morgan fingerprint density at radius 1 is 1.32 bits per heavy atom. The van der Waals surface area contributed by atoms with E-state index >= 15 is 0 Å². The van der Waals surface area contributed by atoms with E-state index in [-0.39, 0.29) is 12.3 Å². The van der Waals surface area contributed by atoms with Gasteiger partial charge in [0, 0.05) is 23.2 Å². The lowest BCUT2D eigenvalue weighted by Crippen LogP contribution is -2.20. The number of sulfonamides is 1. The molecule has 0 unspecified atom stereocenters. The maximum absolute atomic E-state index is 11.4. The highest BCUT2D eigenvalue weighted by molar-refractivity contribution is 7.92. The molecular weight excluding hydrogens is 396 g/mol. The van der Waals surface area contributed by atoms with Crippen LogP contribution in [-0.2, 0) is 16.6 Å². The van der Waals surface area contributed by atoms with Crippen LogP contribution in [0.5, 0.6) is 5.75 Å². The van der Waals surface area contributed by atoms with Crippen molar-refractivity contribution in [1.29, 1.82) is 0 Å². The molecule has 7 nitrogen and oxygen atoms in total. The summed E-state index contributed by atoms with van der Waals surface area (Å²) in [5.41, 5.74) is 8.44. The van der Waals surface area contributed by atoms with Crippen molar-refractivity contribution in [3.8, 4) is 17.6 Å². The van der Waals surface area contributed by atoms with Crippen LogP contribution < -0.4 is 15.8 Å². The number of phenols is 1. The molecule has 9 heteroatoms. The smallest absolute Gasteiger partial charge is 0.233 e. The number of hydrogen-bond acceptors (Lipinski definition) is 7. The highest BCUT2D eigenvalue weighted by Crippen LogP contribution is 2.31. The van der Waals surface area contributed by atoms with Gasteiger partial charge < -0.3 is 16.2 Å². The lowest BCUT2D eigenvalue weighted by Gasteiger charge is -2.06. The van der Waals surface area contributed by atoms with E-state index in [2.05, 4.69) is 33.4 Å². The zero-order chi connectivity index (χ0) is 20.1. The van der Waals surface area contributed by atoms with Gasteiger partial charge in [0.2, 0.25) is 10.0 Å². The van der Waals surface area contributed by atoms with Crippen LogP contribution in [0.15, 0.2) is 48.4 Å². The summed E-state index contributed by atoms with van der Waals surface area (Å²) in [6, 6.07) is 10.7. The van der Waals surface area contributed by atoms with Gasteiger partial charge in [0.05, 0.1) is 11.2 Å². The van der Waals surface area contributed by atoms with E-state index in [4.69, 9.17) is 5.73 Å². The summed E-state index contributed by atoms with van der Waals surface area (Å²) in [5.74, 6) is 6.03. The van der Waals surface area contributed by atoms with Gasteiger partial charge >= 0.3 is 0 Å². The molecule has 0 aliphatic rings. The van der Waals surface area contributed by atoms with Crippen molar-refractivity contribution < 1.29 is 13.5 Å². The van der Waals surface area contributed by atoms with E-state index in [9.17, 15) is 13.5 Å². The van der Waals surface area contributed by atoms with Crippen LogP contribution in [0.4, 0.5) is 10.8 Å². The van der Waals surface area contributed by atoms with Crippen LogP contribution in [0.3, 0.4) is 0 Å². The van der Waals surface area contributed by atoms with Gasteiger partial charge in [-0.05, 0) is 29.8 Å². The molecular formula is C19H18N4O3S2. The lowest BCUT2D eigenvalue weighted by molar-refractivity contribution is 0.480. The van der Waals surface area contributed by atoms with Crippen LogP contribution in [-0.4, -0.2) is 25.1 Å². The average molecular weight is 415 g/mol. The lowest BCUT2D eigenvalue weighted by atomic mass is 10.2. The molecule has 0 aliphatic carbocycles. The van der Waals surface area contributed by atoms with Crippen molar-refractivity contribution in [3.63, 3.8) is 0 Å². The van der Waals surface area contributed by atoms with Crippen molar-refractivity contribution in [2.24, 2.45) is 0 Å². The first-order valence-corrected chi connectivity index (χ1v) is 10.6. The molecule has 0 fully saturated rings. The topological polar surface area (TPSA) is 117 Å². The molecule has 2 aromatic carbocycles. The van der Waals surface area contributed by atoms with Gasteiger partial charge in [0.25, 0.3) is 0 Å². The Kier molecular flexibility index (Phi) is 5.84. The zero-order valence-electron chi connectivity index (χ0n) is 14.8. The fraction of sp³-hybridized carbons (Fsp3) is 0.105. The molecule has 144 valence electrons. The third-order valence-electron chi connectivity index (χ3n) is 3.73. The predicted octanol–water partition coefficient (Wildman–Crippen LogP) is 2.61. The number of rotatable bonds is 6. The van der Waals surface area contributed by atoms with Crippen LogP contribution in [0.1, 0.15) is 11.1 Å². The Morgan fingerprint density at radius 3 is 2.93 bits per heavy atom. The molecule has 1 heterocycles. The minimum absolute atomic E-state index is 0.0531. The number of hydrogen-bond donors (Lipinski definition) is 4. The zero-order valence-corrected chi connectivity index (χ0v) is 16.4. The van der Waals surface area contributed by atoms with Crippen LogP contribution in [0.25, 0.3) is 10.2 Å². The summed E-state index contributed by atoms with van der Waals surface area (Å²) < 4.78 is 26.0. The largest absolute Gasteiger partial charge is 0.506 e.